The van der Waals surface area contributed by atoms with E-state index in [4.69, 9.17) is 19.7 Å². The second kappa shape index (κ2) is 13.6. The molecule has 0 aliphatic heterocycles. The maximum Gasteiger partial charge on any atom is 0.377 e. The maximum atomic E-state index is 13.7. The van der Waals surface area contributed by atoms with Gasteiger partial charge in [-0.1, -0.05) is 61.5 Å². The van der Waals surface area contributed by atoms with E-state index in [-0.39, 0.29) is 31.2 Å². The largest absolute Gasteiger partial charge is 0.471 e. The molecular formula is C30H31F2N3O4. The fourth-order valence-corrected chi connectivity index (χ4v) is 4.08. The molecule has 4 rings (SSSR count). The second-order valence-corrected chi connectivity index (χ2v) is 9.20. The van der Waals surface area contributed by atoms with Crippen LogP contribution in [0.4, 0.5) is 8.78 Å². The van der Waals surface area contributed by atoms with Gasteiger partial charge in [0.1, 0.15) is 24.3 Å². The average Bonchev–Trinajstić information content (AvgIpc) is 3.41. The molecule has 0 amide bonds. The molecule has 7 nitrogen and oxygen atoms in total. The summed E-state index contributed by atoms with van der Waals surface area (Å²) in [6.07, 6.45) is 0.163. The quantitative estimate of drug-likeness (QED) is 0.233. The Morgan fingerprint density at radius 1 is 0.949 bits per heavy atom. The summed E-state index contributed by atoms with van der Waals surface area (Å²) >= 11 is 0. The Hall–Kier alpha value is -4.08. The van der Waals surface area contributed by atoms with Crippen molar-refractivity contribution in [1.29, 1.82) is 0 Å². The van der Waals surface area contributed by atoms with Crippen LogP contribution < -0.4 is 15.8 Å². The van der Waals surface area contributed by atoms with Gasteiger partial charge in [0.05, 0.1) is 6.07 Å². The Bertz CT molecular complexity index is 1340. The van der Waals surface area contributed by atoms with Gasteiger partial charge < -0.3 is 25.0 Å². The van der Waals surface area contributed by atoms with Crippen LogP contribution in [0.5, 0.6) is 5.88 Å². The first-order valence-electron chi connectivity index (χ1n) is 12.7. The minimum Gasteiger partial charge on any atom is -0.471 e. The number of hydrogen-bond donors (Lipinski definition) is 2. The Balaban J connectivity index is 1.41. The number of nitrogens with zero attached hydrogens (tertiary/aromatic N) is 1. The summed E-state index contributed by atoms with van der Waals surface area (Å²) in [5.74, 6) is -2.20. The molecule has 0 saturated heterocycles. The molecule has 1 heterocycles. The van der Waals surface area contributed by atoms with E-state index in [0.717, 1.165) is 23.6 Å². The van der Waals surface area contributed by atoms with Crippen molar-refractivity contribution in [3.63, 3.8) is 0 Å². The number of aromatic nitrogens is 1. The molecule has 0 aliphatic rings. The first kappa shape index (κ1) is 27.9. The topological polar surface area (TPSA) is 99.6 Å². The normalized spacial score (nSPS) is 12.6. The molecular weight excluding hydrogens is 504 g/mol. The first-order valence-corrected chi connectivity index (χ1v) is 12.7. The Morgan fingerprint density at radius 3 is 2.41 bits per heavy atom. The fourth-order valence-electron chi connectivity index (χ4n) is 4.08. The van der Waals surface area contributed by atoms with E-state index in [1.54, 1.807) is 0 Å². The van der Waals surface area contributed by atoms with Gasteiger partial charge in [-0.2, -0.15) is 0 Å². The highest BCUT2D eigenvalue weighted by Gasteiger charge is 2.26. The molecule has 3 N–H and O–H groups in total. The van der Waals surface area contributed by atoms with Gasteiger partial charge >= 0.3 is 5.97 Å². The van der Waals surface area contributed by atoms with Crippen molar-refractivity contribution in [1.82, 2.24) is 10.5 Å². The third-order valence-electron chi connectivity index (χ3n) is 6.12. The molecule has 0 aliphatic carbocycles. The lowest BCUT2D eigenvalue weighted by molar-refractivity contribution is 0.0194. The lowest BCUT2D eigenvalue weighted by atomic mass is 10.0. The number of carbonyl (C=O) groups is 1. The van der Waals surface area contributed by atoms with E-state index in [1.165, 1.54) is 23.8 Å². The van der Waals surface area contributed by atoms with Crippen molar-refractivity contribution in [3.05, 3.63) is 119 Å². The number of esters is 1. The number of nitrogens with two attached hydrogens (primary N) is 1. The van der Waals surface area contributed by atoms with Crippen molar-refractivity contribution in [3.8, 4) is 5.88 Å². The molecule has 4 aromatic rings. The van der Waals surface area contributed by atoms with Gasteiger partial charge in [-0.05, 0) is 52.4 Å². The average molecular weight is 536 g/mol. The minimum atomic E-state index is -0.836. The second-order valence-electron chi connectivity index (χ2n) is 9.20. The zero-order valence-electron chi connectivity index (χ0n) is 21.6. The van der Waals surface area contributed by atoms with Crippen LogP contribution in [0.15, 0.2) is 83.4 Å². The summed E-state index contributed by atoms with van der Waals surface area (Å²) < 4.78 is 43.9. The van der Waals surface area contributed by atoms with Gasteiger partial charge in [-0.15, -0.1) is 0 Å². The summed E-state index contributed by atoms with van der Waals surface area (Å²) in [5, 5.41) is 7.05. The number of halogens is 2. The van der Waals surface area contributed by atoms with Gasteiger partial charge in [0, 0.05) is 25.2 Å². The molecule has 0 spiro atoms. The van der Waals surface area contributed by atoms with Crippen LogP contribution in [0, 0.1) is 11.6 Å². The minimum absolute atomic E-state index is 0.0848. The summed E-state index contributed by atoms with van der Waals surface area (Å²) in [4.78, 5) is 12.9. The fraction of sp³-hybridized carbons (Fsp3) is 0.267. The number of aryl methyl sites for hydroxylation is 1. The predicted octanol–water partition coefficient (Wildman–Crippen LogP) is 4.98. The third-order valence-corrected chi connectivity index (χ3v) is 6.12. The lowest BCUT2D eigenvalue weighted by Crippen LogP contribution is -2.46. The molecule has 1 aromatic heterocycles. The van der Waals surface area contributed by atoms with Crippen molar-refractivity contribution < 1.29 is 27.6 Å². The van der Waals surface area contributed by atoms with Crippen LogP contribution in [0.3, 0.4) is 0 Å². The van der Waals surface area contributed by atoms with E-state index in [0.29, 0.717) is 12.1 Å². The molecule has 0 saturated carbocycles. The van der Waals surface area contributed by atoms with E-state index >= 15 is 0 Å². The molecule has 0 fully saturated rings. The first-order chi connectivity index (χ1) is 18.9. The third kappa shape index (κ3) is 8.46. The molecule has 2 atom stereocenters. The molecule has 0 bridgehead atoms. The van der Waals surface area contributed by atoms with Gasteiger partial charge in [0.2, 0.25) is 5.76 Å². The molecule has 204 valence electrons. The number of hydrogen-bond acceptors (Lipinski definition) is 7. The van der Waals surface area contributed by atoms with Crippen molar-refractivity contribution >= 4 is 5.97 Å². The molecule has 0 unspecified atom stereocenters. The molecule has 0 radical (unpaired) electrons. The monoisotopic (exact) mass is 535 g/mol. The van der Waals surface area contributed by atoms with Crippen LogP contribution in [-0.4, -0.2) is 29.8 Å². The predicted molar refractivity (Wildman–Crippen MR) is 142 cm³/mol. The van der Waals surface area contributed by atoms with E-state index in [1.807, 2.05) is 42.5 Å². The summed E-state index contributed by atoms with van der Waals surface area (Å²) in [7, 11) is 0. The van der Waals surface area contributed by atoms with Crippen molar-refractivity contribution in [2.45, 2.75) is 45.1 Å². The van der Waals surface area contributed by atoms with Gasteiger partial charge in [-0.25, -0.2) is 13.6 Å². The highest BCUT2D eigenvalue weighted by Crippen LogP contribution is 2.17. The SMILES string of the molecule is CCc1cccc(CNC[C@@H](OC(=O)c2cc(OCc3ccccc3)no2)[C@@H](N)Cc2cc(F)cc(F)c2)c1. The van der Waals surface area contributed by atoms with Crippen LogP contribution in [0.2, 0.25) is 0 Å². The molecule has 3 aromatic carbocycles. The zero-order chi connectivity index (χ0) is 27.6. The molecule has 39 heavy (non-hydrogen) atoms. The lowest BCUT2D eigenvalue weighted by Gasteiger charge is -2.24. The zero-order valence-corrected chi connectivity index (χ0v) is 21.6. The van der Waals surface area contributed by atoms with Gasteiger partial charge in [0.25, 0.3) is 5.88 Å². The van der Waals surface area contributed by atoms with E-state index in [9.17, 15) is 13.6 Å². The Morgan fingerprint density at radius 2 is 1.67 bits per heavy atom. The Labute approximate surface area is 225 Å². The van der Waals surface area contributed by atoms with Crippen molar-refractivity contribution in [2.24, 2.45) is 5.73 Å². The highest BCUT2D eigenvalue weighted by atomic mass is 19.1. The molecule has 9 heteroatoms. The summed E-state index contributed by atoms with van der Waals surface area (Å²) in [5.41, 5.74) is 9.94. The number of nitrogens with one attached hydrogen (secondary N) is 1. The number of benzene rings is 3. The Kier molecular flexibility index (Phi) is 9.77. The van der Waals surface area contributed by atoms with E-state index < -0.39 is 29.7 Å². The number of rotatable bonds is 13. The van der Waals surface area contributed by atoms with Crippen LogP contribution in [0.25, 0.3) is 0 Å². The highest BCUT2D eigenvalue weighted by molar-refractivity contribution is 5.86. The number of ether oxygens (including phenoxy) is 2. The standard InChI is InChI=1S/C30H31F2N3O4/c1-2-20-9-6-10-22(11-20)17-34-18-28(26(33)14-23-12-24(31)15-25(32)13-23)38-30(36)27-16-29(35-39-27)37-19-21-7-4-3-5-8-21/h3-13,15-16,26,28,34H,2,14,17-19,33H2,1H3/t26-,28+/m0/s1. The van der Waals surface area contributed by atoms with E-state index in [2.05, 4.69) is 29.5 Å². The summed E-state index contributed by atoms with van der Waals surface area (Å²) in [6, 6.07) is 21.4. The van der Waals surface area contributed by atoms with Crippen LogP contribution in [-0.2, 0) is 30.7 Å². The van der Waals surface area contributed by atoms with Gasteiger partial charge in [-0.3, -0.25) is 0 Å². The summed E-state index contributed by atoms with van der Waals surface area (Å²) in [6.45, 7) is 3.05. The number of carbonyl (C=O) groups excluding carboxylic acids is 1. The van der Waals surface area contributed by atoms with Crippen LogP contribution >= 0.6 is 0 Å². The smallest absolute Gasteiger partial charge is 0.377 e. The van der Waals surface area contributed by atoms with Crippen LogP contribution in [0.1, 0.15) is 39.7 Å². The maximum absolute atomic E-state index is 13.7. The van der Waals surface area contributed by atoms with Gasteiger partial charge in [0.15, 0.2) is 0 Å². The van der Waals surface area contributed by atoms with Crippen molar-refractivity contribution in [2.75, 3.05) is 6.54 Å².